The maximum atomic E-state index is 6.09. The van der Waals surface area contributed by atoms with Crippen LogP contribution in [-0.2, 0) is 22.3 Å². The van der Waals surface area contributed by atoms with Gasteiger partial charge in [-0.15, -0.1) is 0 Å². The van der Waals surface area contributed by atoms with Gasteiger partial charge in [0.25, 0.3) is 0 Å². The summed E-state index contributed by atoms with van der Waals surface area (Å²) in [6.45, 7) is 3.14. The predicted molar refractivity (Wildman–Crippen MR) is 120 cm³/mol. The summed E-state index contributed by atoms with van der Waals surface area (Å²) >= 11 is 7.23. The Morgan fingerprint density at radius 2 is 1.17 bits per heavy atom. The van der Waals surface area contributed by atoms with Crippen molar-refractivity contribution >= 4 is 31.9 Å². The maximum Gasteiger partial charge on any atom is 0.136 e. The summed E-state index contributed by atoms with van der Waals surface area (Å²) < 4.78 is 24.9. The molecular weight excluding hydrogens is 500 g/mol. The van der Waals surface area contributed by atoms with Crippen molar-refractivity contribution in [3.05, 3.63) is 56.5 Å². The summed E-state index contributed by atoms with van der Waals surface area (Å²) in [6.07, 6.45) is 5.63. The molecule has 4 nitrogen and oxygen atoms in total. The smallest absolute Gasteiger partial charge is 0.136 e. The highest BCUT2D eigenvalue weighted by Gasteiger charge is 2.25. The van der Waals surface area contributed by atoms with Gasteiger partial charge in [-0.1, -0.05) is 24.3 Å². The highest BCUT2D eigenvalue weighted by atomic mass is 79.9. The van der Waals surface area contributed by atoms with Gasteiger partial charge in [0, 0.05) is 12.8 Å². The van der Waals surface area contributed by atoms with Gasteiger partial charge in [0.1, 0.15) is 11.5 Å². The summed E-state index contributed by atoms with van der Waals surface area (Å²) in [4.78, 5) is 0. The molecule has 0 bridgehead atoms. The van der Waals surface area contributed by atoms with Crippen molar-refractivity contribution in [1.29, 1.82) is 0 Å². The fourth-order valence-electron chi connectivity index (χ4n) is 3.34. The minimum absolute atomic E-state index is 0.359. The first-order valence-electron chi connectivity index (χ1n) is 10.2. The van der Waals surface area contributed by atoms with Crippen molar-refractivity contribution in [2.24, 2.45) is 0 Å². The number of halogens is 2. The topological polar surface area (TPSA) is 43.5 Å². The Bertz CT molecular complexity index is 751. The summed E-state index contributed by atoms with van der Waals surface area (Å²) in [5.41, 5.74) is 2.43. The quantitative estimate of drug-likeness (QED) is 0.262. The van der Waals surface area contributed by atoms with Crippen molar-refractivity contribution in [2.45, 2.75) is 44.3 Å². The highest BCUT2D eigenvalue weighted by Crippen LogP contribution is 2.33. The van der Waals surface area contributed by atoms with E-state index in [0.717, 1.165) is 65.8 Å². The van der Waals surface area contributed by atoms with E-state index in [4.69, 9.17) is 18.9 Å². The average molecular weight is 526 g/mol. The van der Waals surface area contributed by atoms with Crippen LogP contribution in [-0.4, -0.2) is 38.6 Å². The molecule has 0 spiro atoms. The van der Waals surface area contributed by atoms with Crippen LogP contribution in [0.1, 0.15) is 30.4 Å². The molecule has 0 amide bonds. The van der Waals surface area contributed by atoms with Crippen LogP contribution < -0.4 is 9.47 Å². The van der Waals surface area contributed by atoms with Gasteiger partial charge < -0.3 is 18.9 Å². The van der Waals surface area contributed by atoms with E-state index < -0.39 is 0 Å². The van der Waals surface area contributed by atoms with Crippen LogP contribution in [0, 0.1) is 0 Å². The predicted octanol–water partition coefficient (Wildman–Crippen LogP) is 5.72. The molecule has 0 aromatic heterocycles. The number of hydrogen-bond donors (Lipinski definition) is 0. The average Bonchev–Trinajstić information content (AvgIpc) is 3.61. The molecule has 156 valence electrons. The maximum absolute atomic E-state index is 6.09. The largest absolute Gasteiger partial charge is 0.492 e. The van der Waals surface area contributed by atoms with E-state index in [-0.39, 0.29) is 0 Å². The Hall–Kier alpha value is -1.08. The number of ether oxygens (including phenoxy) is 4. The molecule has 0 radical (unpaired) electrons. The second kappa shape index (κ2) is 10.3. The Morgan fingerprint density at radius 3 is 1.59 bits per heavy atom. The first-order chi connectivity index (χ1) is 14.2. The monoisotopic (exact) mass is 524 g/mol. The molecule has 2 unspecified atom stereocenters. The molecule has 2 fully saturated rings. The van der Waals surface area contributed by atoms with E-state index in [2.05, 4.69) is 56.1 Å². The van der Waals surface area contributed by atoms with Gasteiger partial charge >= 0.3 is 0 Å². The van der Waals surface area contributed by atoms with Crippen molar-refractivity contribution in [1.82, 2.24) is 0 Å². The SMILES string of the molecule is Brc1cccc(CC2CO2)c1OCCCCCOc1c(Br)cccc1CC1CO1. The third kappa shape index (κ3) is 6.45. The van der Waals surface area contributed by atoms with Crippen LogP contribution in [0.15, 0.2) is 45.3 Å². The third-order valence-corrected chi connectivity index (χ3v) is 6.33. The van der Waals surface area contributed by atoms with Crippen molar-refractivity contribution in [3.63, 3.8) is 0 Å². The molecule has 2 aromatic carbocycles. The van der Waals surface area contributed by atoms with Crippen LogP contribution in [0.4, 0.5) is 0 Å². The van der Waals surface area contributed by atoms with Gasteiger partial charge in [-0.2, -0.15) is 0 Å². The fraction of sp³-hybridized carbons (Fsp3) is 0.478. The molecular formula is C23H26Br2O4. The number of unbranched alkanes of at least 4 members (excludes halogenated alkanes) is 2. The second-order valence-electron chi connectivity index (χ2n) is 7.53. The van der Waals surface area contributed by atoms with Gasteiger partial charge in [0.15, 0.2) is 0 Å². The van der Waals surface area contributed by atoms with Crippen LogP contribution in [0.5, 0.6) is 11.5 Å². The van der Waals surface area contributed by atoms with E-state index in [1.165, 1.54) is 11.1 Å². The normalized spacial score (nSPS) is 19.8. The molecule has 0 aliphatic carbocycles. The van der Waals surface area contributed by atoms with E-state index >= 15 is 0 Å². The second-order valence-corrected chi connectivity index (χ2v) is 9.24. The summed E-state index contributed by atoms with van der Waals surface area (Å²) in [5.74, 6) is 1.92. The van der Waals surface area contributed by atoms with E-state index in [9.17, 15) is 0 Å². The van der Waals surface area contributed by atoms with Crippen LogP contribution in [0.2, 0.25) is 0 Å². The van der Waals surface area contributed by atoms with Crippen LogP contribution in [0.25, 0.3) is 0 Å². The van der Waals surface area contributed by atoms with Gasteiger partial charge in [-0.25, -0.2) is 0 Å². The molecule has 2 saturated heterocycles. The Kier molecular flexibility index (Phi) is 7.51. The number of para-hydroxylation sites is 2. The molecule has 0 N–H and O–H groups in total. The molecule has 2 aliphatic rings. The lowest BCUT2D eigenvalue weighted by Crippen LogP contribution is -2.05. The fourth-order valence-corrected chi connectivity index (χ4v) is 4.39. The van der Waals surface area contributed by atoms with Crippen molar-refractivity contribution in [3.8, 4) is 11.5 Å². The standard InChI is InChI=1S/C23H26Br2O4/c24-20-8-4-6-16(12-18-14-28-18)22(20)26-10-2-1-3-11-27-23-17(13-19-15-29-19)7-5-9-21(23)25/h4-9,18-19H,1-3,10-15H2. The van der Waals surface area contributed by atoms with E-state index in [1.807, 2.05) is 12.1 Å². The lowest BCUT2D eigenvalue weighted by atomic mass is 10.1. The zero-order valence-corrected chi connectivity index (χ0v) is 19.5. The Labute approximate surface area is 189 Å². The molecule has 29 heavy (non-hydrogen) atoms. The van der Waals surface area contributed by atoms with Gasteiger partial charge in [0.05, 0.1) is 47.6 Å². The highest BCUT2D eigenvalue weighted by molar-refractivity contribution is 9.10. The lowest BCUT2D eigenvalue weighted by molar-refractivity contribution is 0.274. The molecule has 6 heteroatoms. The molecule has 2 atom stereocenters. The molecule has 4 rings (SSSR count). The first-order valence-corrected chi connectivity index (χ1v) is 11.8. The first kappa shape index (κ1) is 21.2. The zero-order valence-electron chi connectivity index (χ0n) is 16.4. The zero-order chi connectivity index (χ0) is 20.1. The number of benzene rings is 2. The summed E-state index contributed by atoms with van der Waals surface area (Å²) in [7, 11) is 0. The van der Waals surface area contributed by atoms with Gasteiger partial charge in [-0.05, 0) is 74.4 Å². The minimum atomic E-state index is 0.359. The van der Waals surface area contributed by atoms with Gasteiger partial charge in [0.2, 0.25) is 0 Å². The summed E-state index contributed by atoms with van der Waals surface area (Å²) in [6, 6.07) is 12.4. The van der Waals surface area contributed by atoms with Crippen LogP contribution >= 0.6 is 31.9 Å². The molecule has 2 heterocycles. The molecule has 0 saturated carbocycles. The van der Waals surface area contributed by atoms with Crippen LogP contribution in [0.3, 0.4) is 0 Å². The van der Waals surface area contributed by atoms with E-state index in [0.29, 0.717) is 25.4 Å². The number of hydrogen-bond acceptors (Lipinski definition) is 4. The van der Waals surface area contributed by atoms with Gasteiger partial charge in [-0.3, -0.25) is 0 Å². The van der Waals surface area contributed by atoms with Crippen molar-refractivity contribution < 1.29 is 18.9 Å². The number of epoxide rings is 2. The lowest BCUT2D eigenvalue weighted by Gasteiger charge is -2.14. The minimum Gasteiger partial charge on any atom is -0.492 e. The van der Waals surface area contributed by atoms with Crippen molar-refractivity contribution in [2.75, 3.05) is 26.4 Å². The molecule has 2 aliphatic heterocycles. The van der Waals surface area contributed by atoms with E-state index in [1.54, 1.807) is 0 Å². The number of rotatable bonds is 12. The third-order valence-electron chi connectivity index (χ3n) is 5.08. The Morgan fingerprint density at radius 1 is 0.724 bits per heavy atom. The molecule has 2 aromatic rings. The Balaban J connectivity index is 1.18. The summed E-state index contributed by atoms with van der Waals surface area (Å²) in [5, 5.41) is 0.